The molecule has 12 heteroatoms. The molecule has 4 rings (SSSR count). The number of ether oxygens (including phenoxy) is 1. The molecule has 2 aromatic rings. The maximum Gasteiger partial charge on any atom is 0.389 e. The van der Waals surface area contributed by atoms with Gasteiger partial charge in [-0.25, -0.2) is 9.78 Å². The molecule has 3 heterocycles. The number of carbonyl (C=O) groups excluding carboxylic acids is 1. The van der Waals surface area contributed by atoms with E-state index in [0.717, 1.165) is 16.9 Å². The first kappa shape index (κ1) is 26.9. The Bertz CT molecular complexity index is 1090. The molecule has 1 aromatic carbocycles. The zero-order chi connectivity index (χ0) is 26.6. The molecule has 2 saturated heterocycles. The van der Waals surface area contributed by atoms with Crippen molar-refractivity contribution in [3.05, 3.63) is 29.8 Å². The predicted molar refractivity (Wildman–Crippen MR) is 135 cm³/mol. The molecule has 2 aliphatic heterocycles. The van der Waals surface area contributed by atoms with Crippen molar-refractivity contribution >= 4 is 23.5 Å². The number of likely N-dealkylation sites (tertiary alicyclic amines) is 1. The fourth-order valence-electron chi connectivity index (χ4n) is 4.55. The summed E-state index contributed by atoms with van der Waals surface area (Å²) in [5.74, 6) is 0.524. The Hall–Kier alpha value is -3.12. The Morgan fingerprint density at radius 2 is 1.97 bits per heavy atom. The second kappa shape index (κ2) is 11.5. The highest BCUT2D eigenvalue weighted by Crippen LogP contribution is 2.32. The third-order valence-electron chi connectivity index (χ3n) is 6.56. The van der Waals surface area contributed by atoms with Crippen molar-refractivity contribution in [1.29, 1.82) is 0 Å². The molecule has 2 atom stereocenters. The summed E-state index contributed by atoms with van der Waals surface area (Å²) in [6, 6.07) is 6.65. The van der Waals surface area contributed by atoms with Crippen LogP contribution in [0.25, 0.3) is 11.3 Å². The minimum absolute atomic E-state index is 0.0803. The molecule has 9 nitrogen and oxygen atoms in total. The Labute approximate surface area is 214 Å². The van der Waals surface area contributed by atoms with Crippen LogP contribution >= 0.6 is 0 Å². The molecule has 0 radical (unpaired) electrons. The SMILES string of the molecule is Cc1ccc(NC(=O)N2CCC(CC(F)(F)F)C2)cc1-c1cc(N2CCOCC2)nc(N[C@@H](C)CO)n1. The molecule has 0 aliphatic carbocycles. The van der Waals surface area contributed by atoms with Crippen LogP contribution in [0, 0.1) is 12.8 Å². The van der Waals surface area contributed by atoms with E-state index in [1.807, 2.05) is 26.0 Å². The fraction of sp³-hybridized carbons (Fsp3) is 0.560. The number of nitrogens with zero attached hydrogens (tertiary/aromatic N) is 4. The largest absolute Gasteiger partial charge is 0.394 e. The third kappa shape index (κ3) is 7.22. The second-order valence-electron chi connectivity index (χ2n) is 9.64. The van der Waals surface area contributed by atoms with Gasteiger partial charge in [-0.1, -0.05) is 6.07 Å². The van der Waals surface area contributed by atoms with Gasteiger partial charge >= 0.3 is 12.2 Å². The van der Waals surface area contributed by atoms with Crippen molar-refractivity contribution < 1.29 is 27.8 Å². The van der Waals surface area contributed by atoms with E-state index in [9.17, 15) is 23.1 Å². The number of nitrogens with one attached hydrogen (secondary N) is 2. The Balaban J connectivity index is 1.55. The van der Waals surface area contributed by atoms with E-state index in [4.69, 9.17) is 4.74 Å². The van der Waals surface area contributed by atoms with Crippen LogP contribution in [-0.4, -0.2) is 84.2 Å². The summed E-state index contributed by atoms with van der Waals surface area (Å²) in [5, 5.41) is 15.4. The Kier molecular flexibility index (Phi) is 8.38. The molecule has 2 amide bonds. The Morgan fingerprint density at radius 3 is 2.68 bits per heavy atom. The zero-order valence-electron chi connectivity index (χ0n) is 21.0. The normalized spacial score (nSPS) is 19.1. The lowest BCUT2D eigenvalue weighted by Crippen LogP contribution is -2.37. The highest BCUT2D eigenvalue weighted by atomic mass is 19.4. The molecule has 3 N–H and O–H groups in total. The molecule has 1 aromatic heterocycles. The van der Waals surface area contributed by atoms with E-state index in [2.05, 4.69) is 25.5 Å². The van der Waals surface area contributed by atoms with Crippen LogP contribution in [0.1, 0.15) is 25.3 Å². The number of aliphatic hydroxyl groups is 1. The summed E-state index contributed by atoms with van der Waals surface area (Å²) in [5.41, 5.74) is 2.88. The third-order valence-corrected chi connectivity index (χ3v) is 6.56. The number of hydrogen-bond donors (Lipinski definition) is 3. The molecule has 0 spiro atoms. The van der Waals surface area contributed by atoms with Crippen LogP contribution in [0.5, 0.6) is 0 Å². The average Bonchev–Trinajstić information content (AvgIpc) is 3.32. The number of carbonyl (C=O) groups is 1. The number of alkyl halides is 3. The van der Waals surface area contributed by atoms with Gasteiger partial charge in [0.1, 0.15) is 5.82 Å². The van der Waals surface area contributed by atoms with Crippen molar-refractivity contribution in [2.24, 2.45) is 5.92 Å². The van der Waals surface area contributed by atoms with Crippen LogP contribution in [0.4, 0.5) is 35.4 Å². The van der Waals surface area contributed by atoms with E-state index < -0.39 is 24.5 Å². The van der Waals surface area contributed by atoms with Crippen LogP contribution in [-0.2, 0) is 4.74 Å². The van der Waals surface area contributed by atoms with Gasteiger partial charge < -0.3 is 30.3 Å². The summed E-state index contributed by atoms with van der Waals surface area (Å²) in [4.78, 5) is 25.6. The Morgan fingerprint density at radius 1 is 1.22 bits per heavy atom. The first-order chi connectivity index (χ1) is 17.6. The van der Waals surface area contributed by atoms with E-state index in [-0.39, 0.29) is 25.7 Å². The van der Waals surface area contributed by atoms with E-state index in [1.165, 1.54) is 4.90 Å². The fourth-order valence-corrected chi connectivity index (χ4v) is 4.55. The molecule has 202 valence electrons. The van der Waals surface area contributed by atoms with Gasteiger partial charge in [-0.15, -0.1) is 0 Å². The zero-order valence-corrected chi connectivity index (χ0v) is 21.0. The van der Waals surface area contributed by atoms with Gasteiger partial charge in [0.05, 0.1) is 25.5 Å². The number of morpholine rings is 1. The smallest absolute Gasteiger partial charge is 0.389 e. The number of benzene rings is 1. The molecular weight excluding hydrogens is 489 g/mol. The van der Waals surface area contributed by atoms with Gasteiger partial charge in [0, 0.05) is 56.0 Å². The van der Waals surface area contributed by atoms with Crippen LogP contribution in [0.15, 0.2) is 24.3 Å². The maximum absolute atomic E-state index is 12.8. The number of rotatable bonds is 7. The van der Waals surface area contributed by atoms with Crippen molar-refractivity contribution in [3.63, 3.8) is 0 Å². The molecule has 2 fully saturated rings. The summed E-state index contributed by atoms with van der Waals surface area (Å²) >= 11 is 0. The van der Waals surface area contributed by atoms with Crippen molar-refractivity contribution in [2.45, 2.75) is 38.9 Å². The monoisotopic (exact) mass is 522 g/mol. The molecule has 1 unspecified atom stereocenters. The summed E-state index contributed by atoms with van der Waals surface area (Å²) in [7, 11) is 0. The minimum atomic E-state index is -4.23. The average molecular weight is 523 g/mol. The molecular formula is C25H33F3N6O3. The van der Waals surface area contributed by atoms with E-state index >= 15 is 0 Å². The van der Waals surface area contributed by atoms with Crippen molar-refractivity contribution in [1.82, 2.24) is 14.9 Å². The second-order valence-corrected chi connectivity index (χ2v) is 9.64. The molecule has 2 aliphatic rings. The summed E-state index contributed by atoms with van der Waals surface area (Å²) in [6.45, 7) is 6.60. The highest BCUT2D eigenvalue weighted by molar-refractivity contribution is 5.90. The number of aromatic nitrogens is 2. The topological polar surface area (TPSA) is 103 Å². The van der Waals surface area contributed by atoms with E-state index in [1.54, 1.807) is 12.1 Å². The molecule has 37 heavy (non-hydrogen) atoms. The van der Waals surface area contributed by atoms with Crippen LogP contribution < -0.4 is 15.5 Å². The first-order valence-electron chi connectivity index (χ1n) is 12.4. The number of urea groups is 1. The maximum atomic E-state index is 12.8. The quantitative estimate of drug-likeness (QED) is 0.507. The van der Waals surface area contributed by atoms with Gasteiger partial charge in [-0.2, -0.15) is 18.2 Å². The predicted octanol–water partition coefficient (Wildman–Crippen LogP) is 3.89. The lowest BCUT2D eigenvalue weighted by atomic mass is 10.0. The highest BCUT2D eigenvalue weighted by Gasteiger charge is 2.36. The lowest BCUT2D eigenvalue weighted by Gasteiger charge is -2.28. The first-order valence-corrected chi connectivity index (χ1v) is 12.4. The van der Waals surface area contributed by atoms with Crippen molar-refractivity contribution in [3.8, 4) is 11.3 Å². The standard InChI is InChI=1S/C25H33F3N6O3/c1-16-3-4-19(30-24(36)34-6-5-18(14-34)13-25(26,27)28)11-20(16)21-12-22(33-7-9-37-10-8-33)32-23(31-21)29-17(2)15-35/h3-4,11-12,17-18,35H,5-10,13-15H2,1-2H3,(H,30,36)(H,29,31,32)/t17-,18?/m0/s1. The number of halogens is 3. The minimum Gasteiger partial charge on any atom is -0.394 e. The molecule has 0 saturated carbocycles. The van der Waals surface area contributed by atoms with Crippen LogP contribution in [0.2, 0.25) is 0 Å². The van der Waals surface area contributed by atoms with Crippen molar-refractivity contribution in [2.75, 3.05) is 61.5 Å². The summed E-state index contributed by atoms with van der Waals surface area (Å²) in [6.07, 6.45) is -4.78. The number of anilines is 3. The van der Waals surface area contributed by atoms with Gasteiger partial charge in [0.2, 0.25) is 5.95 Å². The van der Waals surface area contributed by atoms with Gasteiger partial charge in [-0.05, 0) is 43.9 Å². The number of aliphatic hydroxyl groups excluding tert-OH is 1. The van der Waals surface area contributed by atoms with Gasteiger partial charge in [-0.3, -0.25) is 0 Å². The van der Waals surface area contributed by atoms with Gasteiger partial charge in [0.25, 0.3) is 0 Å². The number of hydrogen-bond acceptors (Lipinski definition) is 7. The number of amides is 2. The molecule has 0 bridgehead atoms. The van der Waals surface area contributed by atoms with Gasteiger partial charge in [0.15, 0.2) is 0 Å². The van der Waals surface area contributed by atoms with E-state index in [0.29, 0.717) is 50.1 Å². The lowest BCUT2D eigenvalue weighted by molar-refractivity contribution is -0.143. The number of aryl methyl sites for hydroxylation is 1. The summed E-state index contributed by atoms with van der Waals surface area (Å²) < 4.78 is 43.7. The van der Waals surface area contributed by atoms with Crippen LogP contribution in [0.3, 0.4) is 0 Å².